The lowest BCUT2D eigenvalue weighted by atomic mass is 10.3. The van der Waals surface area contributed by atoms with Crippen molar-refractivity contribution in [2.75, 3.05) is 0 Å². The van der Waals surface area contributed by atoms with E-state index in [1.165, 1.54) is 10.6 Å². The maximum atomic E-state index is 12.3. The molecule has 18 heavy (non-hydrogen) atoms. The van der Waals surface area contributed by atoms with Crippen molar-refractivity contribution in [1.29, 1.82) is 0 Å². The van der Waals surface area contributed by atoms with Crippen LogP contribution in [0.3, 0.4) is 0 Å². The number of hydrogen-bond donors (Lipinski definition) is 1. The Morgan fingerprint density at radius 1 is 1.33 bits per heavy atom. The molecule has 0 radical (unpaired) electrons. The number of halogens is 2. The highest BCUT2D eigenvalue weighted by molar-refractivity contribution is 6.34. The van der Waals surface area contributed by atoms with E-state index >= 15 is 0 Å². The van der Waals surface area contributed by atoms with E-state index in [2.05, 4.69) is 25.6 Å². The van der Waals surface area contributed by atoms with Crippen molar-refractivity contribution in [1.82, 2.24) is 30.0 Å². The summed E-state index contributed by atoms with van der Waals surface area (Å²) in [6.07, 6.45) is 1.54. The number of nitrogens with one attached hydrogen (secondary N) is 1. The molecule has 90 valence electrons. The molecule has 0 aliphatic rings. The Kier molecular flexibility index (Phi) is 2.49. The number of pyridine rings is 1. The second kappa shape index (κ2) is 4.04. The highest BCUT2D eigenvalue weighted by atomic mass is 35.5. The highest BCUT2D eigenvalue weighted by Crippen LogP contribution is 2.21. The van der Waals surface area contributed by atoms with Gasteiger partial charge in [-0.2, -0.15) is 5.21 Å². The third kappa shape index (κ3) is 1.56. The van der Waals surface area contributed by atoms with E-state index in [0.717, 1.165) is 0 Å². The monoisotopic (exact) mass is 282 g/mol. The minimum atomic E-state index is -0.408. The number of fused-ring (bicyclic) bond motifs is 1. The van der Waals surface area contributed by atoms with Gasteiger partial charge in [0.2, 0.25) is 5.82 Å². The first-order valence-electron chi connectivity index (χ1n) is 4.78. The van der Waals surface area contributed by atoms with Gasteiger partial charge >= 0.3 is 0 Å². The van der Waals surface area contributed by atoms with Crippen LogP contribution in [0.5, 0.6) is 0 Å². The van der Waals surface area contributed by atoms with E-state index < -0.39 is 5.56 Å². The Morgan fingerprint density at radius 2 is 2.17 bits per heavy atom. The zero-order valence-corrected chi connectivity index (χ0v) is 10.1. The van der Waals surface area contributed by atoms with Crippen molar-refractivity contribution in [3.05, 3.63) is 38.9 Å². The Bertz CT molecular complexity index is 782. The lowest BCUT2D eigenvalue weighted by Crippen LogP contribution is -2.18. The largest absolute Gasteiger partial charge is 0.270 e. The first-order chi connectivity index (χ1) is 8.68. The maximum Gasteiger partial charge on any atom is 0.270 e. The van der Waals surface area contributed by atoms with Crippen molar-refractivity contribution in [3.8, 4) is 11.4 Å². The number of tetrazole rings is 1. The van der Waals surface area contributed by atoms with Crippen LogP contribution in [0, 0.1) is 0 Å². The van der Waals surface area contributed by atoms with Crippen LogP contribution in [0.1, 0.15) is 0 Å². The summed E-state index contributed by atoms with van der Waals surface area (Å²) in [5.41, 5.74) is -0.0551. The number of rotatable bonds is 1. The summed E-state index contributed by atoms with van der Waals surface area (Å²) < 4.78 is 1.28. The first-order valence-corrected chi connectivity index (χ1v) is 5.54. The summed E-state index contributed by atoms with van der Waals surface area (Å²) in [4.78, 5) is 16.3. The Morgan fingerprint density at radius 3 is 2.89 bits per heavy atom. The van der Waals surface area contributed by atoms with Crippen molar-refractivity contribution >= 4 is 28.8 Å². The predicted molar refractivity (Wildman–Crippen MR) is 64.7 cm³/mol. The third-order valence-electron chi connectivity index (χ3n) is 2.33. The molecule has 3 aromatic rings. The van der Waals surface area contributed by atoms with E-state index in [0.29, 0.717) is 5.02 Å². The zero-order valence-electron chi connectivity index (χ0n) is 8.63. The summed E-state index contributed by atoms with van der Waals surface area (Å²) in [6, 6.07) is 3.25. The van der Waals surface area contributed by atoms with Gasteiger partial charge in [0.25, 0.3) is 5.56 Å². The standard InChI is InChI=1S/C9H4Cl2N6O/c10-4-2-1-3-17-8(4)12-6(11)5(9(17)18)7-13-15-16-14-7/h1-3H,(H,13,14,15,16). The van der Waals surface area contributed by atoms with Crippen LogP contribution in [0.25, 0.3) is 17.0 Å². The molecule has 7 nitrogen and oxygen atoms in total. The number of nitrogens with zero attached hydrogens (tertiary/aromatic N) is 5. The summed E-state index contributed by atoms with van der Waals surface area (Å²) in [6.45, 7) is 0. The van der Waals surface area contributed by atoms with E-state index in [4.69, 9.17) is 23.2 Å². The minimum Gasteiger partial charge on any atom is -0.268 e. The molecule has 0 atom stereocenters. The fourth-order valence-electron chi connectivity index (χ4n) is 1.56. The Labute approximate surface area is 109 Å². The molecule has 3 rings (SSSR count). The summed E-state index contributed by atoms with van der Waals surface area (Å²) >= 11 is 11.9. The molecule has 0 unspecified atom stereocenters. The molecule has 0 fully saturated rings. The van der Waals surface area contributed by atoms with Crippen LogP contribution in [0.2, 0.25) is 10.2 Å². The molecular formula is C9H4Cl2N6O. The molecular weight excluding hydrogens is 279 g/mol. The van der Waals surface area contributed by atoms with Gasteiger partial charge in [-0.05, 0) is 17.3 Å². The topological polar surface area (TPSA) is 88.8 Å². The van der Waals surface area contributed by atoms with Crippen molar-refractivity contribution in [3.63, 3.8) is 0 Å². The second-order valence-corrected chi connectivity index (χ2v) is 4.13. The molecule has 0 saturated carbocycles. The van der Waals surface area contributed by atoms with E-state index in [1.807, 2.05) is 0 Å². The zero-order chi connectivity index (χ0) is 12.7. The van der Waals surface area contributed by atoms with Crippen LogP contribution in [0.15, 0.2) is 23.1 Å². The Balaban J connectivity index is 2.46. The summed E-state index contributed by atoms with van der Waals surface area (Å²) in [5, 5.41) is 13.4. The lowest BCUT2D eigenvalue weighted by molar-refractivity contribution is 0.881. The second-order valence-electron chi connectivity index (χ2n) is 3.37. The average molecular weight is 283 g/mol. The molecule has 1 N–H and O–H groups in total. The SMILES string of the molecule is O=c1c(-c2nn[nH]n2)c(Cl)nc2c(Cl)cccn12. The normalized spacial score (nSPS) is 11.0. The number of aromatic amines is 1. The molecule has 0 aliphatic carbocycles. The van der Waals surface area contributed by atoms with Crippen LogP contribution >= 0.6 is 23.2 Å². The van der Waals surface area contributed by atoms with Crippen LogP contribution in [0.4, 0.5) is 0 Å². The minimum absolute atomic E-state index is 0.0190. The van der Waals surface area contributed by atoms with Gasteiger partial charge in [0, 0.05) is 6.20 Å². The Hall–Kier alpha value is -1.99. The summed E-state index contributed by atoms with van der Waals surface area (Å²) in [5.74, 6) is 0.0897. The average Bonchev–Trinajstić information content (AvgIpc) is 2.84. The quantitative estimate of drug-likeness (QED) is 0.677. The predicted octanol–water partition coefficient (Wildman–Crippen LogP) is 1.18. The molecule has 0 aliphatic heterocycles. The molecule has 3 aromatic heterocycles. The van der Waals surface area contributed by atoms with Gasteiger partial charge in [0.1, 0.15) is 10.7 Å². The van der Waals surface area contributed by atoms with Crippen LogP contribution < -0.4 is 5.56 Å². The fraction of sp³-hybridized carbons (Fsp3) is 0. The van der Waals surface area contributed by atoms with Crippen LogP contribution in [-0.2, 0) is 0 Å². The fourth-order valence-corrected chi connectivity index (χ4v) is 2.01. The van der Waals surface area contributed by atoms with Gasteiger partial charge in [-0.25, -0.2) is 4.98 Å². The van der Waals surface area contributed by atoms with Gasteiger partial charge in [-0.3, -0.25) is 9.20 Å². The van der Waals surface area contributed by atoms with Crippen molar-refractivity contribution in [2.24, 2.45) is 0 Å². The van der Waals surface area contributed by atoms with Gasteiger partial charge < -0.3 is 0 Å². The lowest BCUT2D eigenvalue weighted by Gasteiger charge is -2.04. The van der Waals surface area contributed by atoms with Crippen molar-refractivity contribution < 1.29 is 0 Å². The molecule has 0 amide bonds. The third-order valence-corrected chi connectivity index (χ3v) is 2.90. The number of hydrogen-bond acceptors (Lipinski definition) is 5. The van der Waals surface area contributed by atoms with Crippen LogP contribution in [-0.4, -0.2) is 30.0 Å². The summed E-state index contributed by atoms with van der Waals surface area (Å²) in [7, 11) is 0. The molecule has 9 heteroatoms. The highest BCUT2D eigenvalue weighted by Gasteiger charge is 2.17. The van der Waals surface area contributed by atoms with Crippen molar-refractivity contribution in [2.45, 2.75) is 0 Å². The van der Waals surface area contributed by atoms with E-state index in [-0.39, 0.29) is 22.2 Å². The van der Waals surface area contributed by atoms with Gasteiger partial charge in [0.05, 0.1) is 5.02 Å². The molecule has 0 spiro atoms. The van der Waals surface area contributed by atoms with Gasteiger partial charge in [0.15, 0.2) is 5.65 Å². The molecule has 3 heterocycles. The van der Waals surface area contributed by atoms with Gasteiger partial charge in [-0.15, -0.1) is 10.2 Å². The smallest absolute Gasteiger partial charge is 0.268 e. The maximum absolute atomic E-state index is 12.3. The van der Waals surface area contributed by atoms with E-state index in [1.54, 1.807) is 12.1 Å². The molecule has 0 aromatic carbocycles. The first kappa shape index (κ1) is 11.1. The molecule has 0 saturated heterocycles. The molecule has 0 bridgehead atoms. The number of aromatic nitrogens is 6. The van der Waals surface area contributed by atoms with E-state index in [9.17, 15) is 4.79 Å². The van der Waals surface area contributed by atoms with Gasteiger partial charge in [-0.1, -0.05) is 23.2 Å². The number of H-pyrrole nitrogens is 1.